The number of amides is 2. The molecular formula is C19H29N3O3. The number of ether oxygens (including phenoxy) is 1. The molecule has 0 aromatic heterocycles. The summed E-state index contributed by atoms with van der Waals surface area (Å²) in [5.41, 5.74) is 0.681. The maximum atomic E-state index is 12.2. The van der Waals surface area contributed by atoms with Gasteiger partial charge in [0.05, 0.1) is 20.2 Å². The lowest BCUT2D eigenvalue weighted by atomic mass is 10.1. The third-order valence-corrected chi connectivity index (χ3v) is 4.40. The number of methoxy groups -OCH3 is 1. The van der Waals surface area contributed by atoms with Crippen molar-refractivity contribution in [3.05, 3.63) is 24.3 Å². The second kappa shape index (κ2) is 10.0. The summed E-state index contributed by atoms with van der Waals surface area (Å²) in [6.07, 6.45) is 7.01. The highest BCUT2D eigenvalue weighted by Gasteiger charge is 2.16. The van der Waals surface area contributed by atoms with Crippen molar-refractivity contribution in [2.75, 3.05) is 32.6 Å². The average Bonchev–Trinajstić information content (AvgIpc) is 2.83. The quantitative estimate of drug-likeness (QED) is 0.743. The minimum Gasteiger partial charge on any atom is -0.497 e. The highest BCUT2D eigenvalue weighted by atomic mass is 16.5. The molecule has 0 spiro atoms. The van der Waals surface area contributed by atoms with Crippen LogP contribution in [0.1, 0.15) is 38.5 Å². The summed E-state index contributed by atoms with van der Waals surface area (Å²) >= 11 is 0. The topological polar surface area (TPSA) is 70.7 Å². The number of rotatable bonds is 7. The van der Waals surface area contributed by atoms with Crippen molar-refractivity contribution < 1.29 is 14.3 Å². The van der Waals surface area contributed by atoms with Gasteiger partial charge in [0.15, 0.2) is 0 Å². The summed E-state index contributed by atoms with van der Waals surface area (Å²) in [7, 11) is 3.36. The van der Waals surface area contributed by atoms with Crippen LogP contribution in [0.25, 0.3) is 0 Å². The van der Waals surface area contributed by atoms with Gasteiger partial charge in [0.25, 0.3) is 0 Å². The molecule has 1 aromatic rings. The predicted molar refractivity (Wildman–Crippen MR) is 98.8 cm³/mol. The first-order chi connectivity index (χ1) is 12.1. The summed E-state index contributed by atoms with van der Waals surface area (Å²) in [4.78, 5) is 26.0. The molecule has 2 rings (SSSR count). The van der Waals surface area contributed by atoms with Crippen LogP contribution in [0.15, 0.2) is 24.3 Å². The van der Waals surface area contributed by atoms with Crippen molar-refractivity contribution in [3.8, 4) is 5.75 Å². The molecule has 1 aliphatic rings. The van der Waals surface area contributed by atoms with Gasteiger partial charge in [0, 0.05) is 17.8 Å². The lowest BCUT2D eigenvalue weighted by Crippen LogP contribution is -2.42. The van der Waals surface area contributed by atoms with E-state index in [1.807, 2.05) is 12.1 Å². The van der Waals surface area contributed by atoms with E-state index in [9.17, 15) is 9.59 Å². The highest BCUT2D eigenvalue weighted by Crippen LogP contribution is 2.17. The van der Waals surface area contributed by atoms with Crippen LogP contribution in [0.2, 0.25) is 0 Å². The summed E-state index contributed by atoms with van der Waals surface area (Å²) in [5.74, 6) is 0.524. The van der Waals surface area contributed by atoms with Crippen LogP contribution in [0, 0.1) is 0 Å². The molecule has 2 amide bonds. The van der Waals surface area contributed by atoms with E-state index >= 15 is 0 Å². The zero-order valence-corrected chi connectivity index (χ0v) is 15.2. The first kappa shape index (κ1) is 19.2. The van der Waals surface area contributed by atoms with E-state index in [4.69, 9.17) is 4.74 Å². The maximum Gasteiger partial charge on any atom is 0.238 e. The Kier molecular flexibility index (Phi) is 7.73. The summed E-state index contributed by atoms with van der Waals surface area (Å²) in [6, 6.07) is 7.49. The molecule has 0 bridgehead atoms. The minimum absolute atomic E-state index is 0.0106. The molecular weight excluding hydrogens is 318 g/mol. The molecule has 2 N–H and O–H groups in total. The molecule has 0 saturated heterocycles. The molecule has 1 saturated carbocycles. The summed E-state index contributed by atoms with van der Waals surface area (Å²) in [6.45, 7) is 0.386. The largest absolute Gasteiger partial charge is 0.497 e. The van der Waals surface area contributed by atoms with Gasteiger partial charge in [-0.25, -0.2) is 0 Å². The average molecular weight is 347 g/mol. The number of carbonyl (C=O) groups is 2. The fraction of sp³-hybridized carbons (Fsp3) is 0.579. The monoisotopic (exact) mass is 347 g/mol. The Morgan fingerprint density at radius 2 is 1.80 bits per heavy atom. The molecule has 0 atom stereocenters. The maximum absolute atomic E-state index is 12.2. The van der Waals surface area contributed by atoms with E-state index in [2.05, 4.69) is 10.6 Å². The van der Waals surface area contributed by atoms with E-state index in [1.54, 1.807) is 31.2 Å². The van der Waals surface area contributed by atoms with Crippen molar-refractivity contribution in [1.29, 1.82) is 0 Å². The molecule has 1 aromatic carbocycles. The molecule has 0 unspecified atom stereocenters. The van der Waals surface area contributed by atoms with Crippen LogP contribution < -0.4 is 15.4 Å². The van der Waals surface area contributed by atoms with Gasteiger partial charge < -0.3 is 15.4 Å². The van der Waals surface area contributed by atoms with E-state index < -0.39 is 0 Å². The zero-order chi connectivity index (χ0) is 18.1. The zero-order valence-electron chi connectivity index (χ0n) is 15.2. The van der Waals surface area contributed by atoms with Gasteiger partial charge in [-0.15, -0.1) is 0 Å². The number of anilines is 1. The Bertz CT molecular complexity index is 569. The van der Waals surface area contributed by atoms with Crippen LogP contribution in [0.3, 0.4) is 0 Å². The van der Waals surface area contributed by atoms with Gasteiger partial charge in [0.1, 0.15) is 5.75 Å². The lowest BCUT2D eigenvalue weighted by Gasteiger charge is -2.20. The van der Waals surface area contributed by atoms with E-state index in [1.165, 1.54) is 25.7 Å². The Hall–Kier alpha value is -2.08. The first-order valence-electron chi connectivity index (χ1n) is 8.98. The third-order valence-electron chi connectivity index (χ3n) is 4.40. The molecule has 0 heterocycles. The normalized spacial score (nSPS) is 15.5. The third kappa shape index (κ3) is 7.13. The Balaban J connectivity index is 1.73. The number of likely N-dealkylation sites (N-methyl/N-ethyl adjacent to an activating group) is 1. The van der Waals surface area contributed by atoms with E-state index in [0.717, 1.165) is 12.8 Å². The van der Waals surface area contributed by atoms with Crippen molar-refractivity contribution in [3.63, 3.8) is 0 Å². The number of hydrogen-bond acceptors (Lipinski definition) is 4. The van der Waals surface area contributed by atoms with Crippen LogP contribution in [0.4, 0.5) is 5.69 Å². The van der Waals surface area contributed by atoms with Crippen molar-refractivity contribution in [2.45, 2.75) is 44.6 Å². The smallest absolute Gasteiger partial charge is 0.238 e. The molecule has 1 aliphatic carbocycles. The molecule has 6 heteroatoms. The number of benzene rings is 1. The SMILES string of the molecule is COc1cccc(NC(=O)CN(C)CC(=O)NC2CCCCCC2)c1. The fourth-order valence-corrected chi connectivity index (χ4v) is 3.14. The van der Waals surface area contributed by atoms with Gasteiger partial charge in [-0.2, -0.15) is 0 Å². The second-order valence-electron chi connectivity index (χ2n) is 6.71. The highest BCUT2D eigenvalue weighted by molar-refractivity contribution is 5.92. The summed E-state index contributed by atoms with van der Waals surface area (Å²) < 4.78 is 5.14. The van der Waals surface area contributed by atoms with Gasteiger partial charge in [-0.1, -0.05) is 31.7 Å². The van der Waals surface area contributed by atoms with Crippen LogP contribution in [-0.4, -0.2) is 50.0 Å². The van der Waals surface area contributed by atoms with Crippen molar-refractivity contribution in [1.82, 2.24) is 10.2 Å². The standard InChI is InChI=1S/C19H29N3O3/c1-22(13-18(23)20-15-8-5-3-4-6-9-15)14-19(24)21-16-10-7-11-17(12-16)25-2/h7,10-12,15H,3-6,8-9,13-14H2,1-2H3,(H,20,23)(H,21,24). The Morgan fingerprint density at radius 1 is 1.12 bits per heavy atom. The van der Waals surface area contributed by atoms with Crippen LogP contribution in [0.5, 0.6) is 5.75 Å². The molecule has 0 radical (unpaired) electrons. The molecule has 0 aliphatic heterocycles. The molecule has 25 heavy (non-hydrogen) atoms. The van der Waals surface area contributed by atoms with Gasteiger partial charge in [-0.3, -0.25) is 14.5 Å². The van der Waals surface area contributed by atoms with E-state index in [0.29, 0.717) is 11.4 Å². The number of nitrogens with zero attached hydrogens (tertiary/aromatic N) is 1. The van der Waals surface area contributed by atoms with Crippen molar-refractivity contribution in [2.24, 2.45) is 0 Å². The first-order valence-corrected chi connectivity index (χ1v) is 8.98. The van der Waals surface area contributed by atoms with Gasteiger partial charge in [0.2, 0.25) is 11.8 Å². The predicted octanol–water partition coefficient (Wildman–Crippen LogP) is 2.40. The van der Waals surface area contributed by atoms with Crippen LogP contribution >= 0.6 is 0 Å². The molecule has 6 nitrogen and oxygen atoms in total. The molecule has 138 valence electrons. The van der Waals surface area contributed by atoms with Gasteiger partial charge in [-0.05, 0) is 32.0 Å². The van der Waals surface area contributed by atoms with Crippen molar-refractivity contribution >= 4 is 17.5 Å². The Labute approximate surface area is 149 Å². The molecule has 1 fully saturated rings. The minimum atomic E-state index is -0.155. The van der Waals surface area contributed by atoms with Gasteiger partial charge >= 0.3 is 0 Å². The Morgan fingerprint density at radius 3 is 2.48 bits per heavy atom. The van der Waals surface area contributed by atoms with Crippen LogP contribution in [-0.2, 0) is 9.59 Å². The summed E-state index contributed by atoms with van der Waals surface area (Å²) in [5, 5.41) is 5.92. The number of hydrogen-bond donors (Lipinski definition) is 2. The van der Waals surface area contributed by atoms with E-state index in [-0.39, 0.29) is 30.9 Å². The number of carbonyl (C=O) groups excluding carboxylic acids is 2. The lowest BCUT2D eigenvalue weighted by molar-refractivity contribution is -0.123. The fourth-order valence-electron chi connectivity index (χ4n) is 3.14. The number of nitrogens with one attached hydrogen (secondary N) is 2. The second-order valence-corrected chi connectivity index (χ2v) is 6.71.